The molecule has 2 fully saturated rings. The average Bonchev–Trinajstić information content (AvgIpc) is 2.54. The largest absolute Gasteiger partial charge is 0.316 e. The van der Waals surface area contributed by atoms with Gasteiger partial charge in [-0.15, -0.1) is 0 Å². The highest BCUT2D eigenvalue weighted by molar-refractivity contribution is 6.23. The molecular formula is C10H14ClNO. The van der Waals surface area contributed by atoms with Crippen molar-refractivity contribution in [2.24, 2.45) is 0 Å². The lowest BCUT2D eigenvalue weighted by atomic mass is 9.90. The fourth-order valence-electron chi connectivity index (χ4n) is 2.55. The molecule has 13 heavy (non-hydrogen) atoms. The van der Waals surface area contributed by atoms with E-state index in [0.29, 0.717) is 6.42 Å². The molecule has 0 N–H and O–H groups in total. The number of nitrogens with zero attached hydrogens (tertiary/aromatic N) is 1. The van der Waals surface area contributed by atoms with Gasteiger partial charge in [-0.2, -0.15) is 0 Å². The maximum absolute atomic E-state index is 11.6. The number of hydrogen-bond acceptors (Lipinski definition) is 1. The van der Waals surface area contributed by atoms with E-state index in [1.54, 1.807) is 0 Å². The van der Waals surface area contributed by atoms with Gasteiger partial charge in [-0.25, -0.2) is 0 Å². The van der Waals surface area contributed by atoms with Crippen LogP contribution >= 0.6 is 11.6 Å². The molecule has 2 aliphatic rings. The van der Waals surface area contributed by atoms with Gasteiger partial charge >= 0.3 is 0 Å². The second-order valence-electron chi connectivity index (χ2n) is 4.01. The van der Waals surface area contributed by atoms with Gasteiger partial charge in [0, 0.05) is 12.0 Å². The maximum atomic E-state index is 11.6. The van der Waals surface area contributed by atoms with Crippen LogP contribution < -0.4 is 0 Å². The van der Waals surface area contributed by atoms with Crippen LogP contribution in [0.15, 0.2) is 12.2 Å². The van der Waals surface area contributed by atoms with Crippen molar-refractivity contribution >= 4 is 17.5 Å². The maximum Gasteiger partial charge on any atom is 0.224 e. The molecule has 2 rings (SSSR count). The molecule has 2 atom stereocenters. The van der Waals surface area contributed by atoms with E-state index in [0.717, 1.165) is 24.8 Å². The van der Waals surface area contributed by atoms with Crippen LogP contribution in [0.5, 0.6) is 0 Å². The third-order valence-electron chi connectivity index (χ3n) is 3.36. The predicted molar refractivity (Wildman–Crippen MR) is 52.5 cm³/mol. The Kier molecular flexibility index (Phi) is 1.91. The number of fused-ring (bicyclic) bond motifs is 1. The van der Waals surface area contributed by atoms with Gasteiger partial charge in [0.25, 0.3) is 0 Å². The zero-order chi connectivity index (χ0) is 9.64. The number of carbonyl (C=O) groups excluding carboxylic acids is 1. The van der Waals surface area contributed by atoms with Gasteiger partial charge in [0.1, 0.15) is 5.50 Å². The van der Waals surface area contributed by atoms with E-state index < -0.39 is 0 Å². The lowest BCUT2D eigenvalue weighted by molar-refractivity contribution is -0.130. The summed E-state index contributed by atoms with van der Waals surface area (Å²) in [6.07, 6.45) is 3.49. The minimum absolute atomic E-state index is 0.0145. The summed E-state index contributed by atoms with van der Waals surface area (Å²) in [5.74, 6) is 0.195. The van der Waals surface area contributed by atoms with Crippen LogP contribution in [0, 0.1) is 0 Å². The average molecular weight is 200 g/mol. The molecular weight excluding hydrogens is 186 g/mol. The summed E-state index contributed by atoms with van der Waals surface area (Å²) in [6, 6.07) is 0. The molecule has 0 aromatic carbocycles. The molecule has 0 aromatic rings. The topological polar surface area (TPSA) is 20.3 Å². The van der Waals surface area contributed by atoms with Crippen LogP contribution in [0.4, 0.5) is 0 Å². The summed E-state index contributed by atoms with van der Waals surface area (Å²) in [4.78, 5) is 13.4. The Morgan fingerprint density at radius 1 is 1.77 bits per heavy atom. The first-order valence-corrected chi connectivity index (χ1v) is 5.18. The molecule has 2 unspecified atom stereocenters. The quantitative estimate of drug-likeness (QED) is 0.361. The smallest absolute Gasteiger partial charge is 0.224 e. The Bertz CT molecular complexity index is 276. The van der Waals surface area contributed by atoms with Gasteiger partial charge in [-0.3, -0.25) is 4.79 Å². The third-order valence-corrected chi connectivity index (χ3v) is 3.87. The van der Waals surface area contributed by atoms with Crippen molar-refractivity contribution < 1.29 is 4.79 Å². The van der Waals surface area contributed by atoms with E-state index >= 15 is 0 Å². The molecule has 2 heterocycles. The Morgan fingerprint density at radius 3 is 3.00 bits per heavy atom. The first-order valence-electron chi connectivity index (χ1n) is 4.74. The Morgan fingerprint density at radius 2 is 2.46 bits per heavy atom. The normalized spacial score (nSPS) is 38.6. The lowest BCUT2D eigenvalue weighted by Gasteiger charge is -2.31. The van der Waals surface area contributed by atoms with Crippen LogP contribution in [0.25, 0.3) is 0 Å². The second kappa shape index (κ2) is 2.74. The third kappa shape index (κ3) is 1.05. The summed E-state index contributed by atoms with van der Waals surface area (Å²) >= 11 is 6.13. The minimum atomic E-state index is -0.255. The molecule has 2 aliphatic heterocycles. The standard InChI is InChI=1S/C10H14ClNO/c1-3-10-5-4-8(13)12(10)9(11)7(2)6-10/h9H,2-6H2,1H3. The SMILES string of the molecule is C=C1CC2(CC)CCC(=O)N2C1Cl. The highest BCUT2D eigenvalue weighted by atomic mass is 35.5. The number of alkyl halides is 1. The number of halogens is 1. The number of rotatable bonds is 1. The molecule has 0 radical (unpaired) electrons. The van der Waals surface area contributed by atoms with E-state index in [1.165, 1.54) is 0 Å². The molecule has 0 aliphatic carbocycles. The van der Waals surface area contributed by atoms with E-state index in [-0.39, 0.29) is 16.9 Å². The molecule has 0 aromatic heterocycles. The summed E-state index contributed by atoms with van der Waals surface area (Å²) in [5.41, 5.74) is 0.757. The zero-order valence-corrected chi connectivity index (χ0v) is 8.60. The van der Waals surface area contributed by atoms with Crippen LogP contribution in [0.1, 0.15) is 32.6 Å². The predicted octanol–water partition coefficient (Wildman–Crippen LogP) is 2.28. The highest BCUT2D eigenvalue weighted by Crippen LogP contribution is 2.48. The van der Waals surface area contributed by atoms with Crippen molar-refractivity contribution in [3.05, 3.63) is 12.2 Å². The molecule has 0 bridgehead atoms. The fourth-order valence-corrected chi connectivity index (χ4v) is 2.94. The van der Waals surface area contributed by atoms with E-state index in [2.05, 4.69) is 13.5 Å². The number of carbonyl (C=O) groups is 1. The van der Waals surface area contributed by atoms with Crippen LogP contribution in [0.3, 0.4) is 0 Å². The fraction of sp³-hybridized carbons (Fsp3) is 0.700. The Hall–Kier alpha value is -0.500. The van der Waals surface area contributed by atoms with Gasteiger partial charge in [-0.1, -0.05) is 25.1 Å². The van der Waals surface area contributed by atoms with Gasteiger partial charge in [0.15, 0.2) is 0 Å². The van der Waals surface area contributed by atoms with Crippen LogP contribution in [-0.2, 0) is 4.79 Å². The van der Waals surface area contributed by atoms with Crippen molar-refractivity contribution in [2.75, 3.05) is 0 Å². The van der Waals surface area contributed by atoms with Gasteiger partial charge in [0.2, 0.25) is 5.91 Å². The Labute approximate surface area is 83.5 Å². The van der Waals surface area contributed by atoms with Gasteiger partial charge in [-0.05, 0) is 24.8 Å². The second-order valence-corrected chi connectivity index (χ2v) is 4.43. The Balaban J connectivity index is 2.37. The lowest BCUT2D eigenvalue weighted by Crippen LogP contribution is -2.42. The summed E-state index contributed by atoms with van der Waals surface area (Å²) in [5, 5.41) is 0. The van der Waals surface area contributed by atoms with Crippen LogP contribution in [-0.4, -0.2) is 21.8 Å². The molecule has 2 saturated heterocycles. The van der Waals surface area contributed by atoms with Crippen molar-refractivity contribution in [3.63, 3.8) is 0 Å². The first kappa shape index (κ1) is 9.07. The highest BCUT2D eigenvalue weighted by Gasteiger charge is 2.52. The molecule has 72 valence electrons. The zero-order valence-electron chi connectivity index (χ0n) is 7.85. The van der Waals surface area contributed by atoms with Crippen molar-refractivity contribution in [2.45, 2.75) is 43.6 Å². The molecule has 3 heteroatoms. The summed E-state index contributed by atoms with van der Waals surface area (Å²) < 4.78 is 0. The molecule has 0 spiro atoms. The summed E-state index contributed by atoms with van der Waals surface area (Å²) in [6.45, 7) is 6.04. The van der Waals surface area contributed by atoms with E-state index in [9.17, 15) is 4.79 Å². The molecule has 1 amide bonds. The number of hydrogen-bond donors (Lipinski definition) is 0. The molecule has 0 saturated carbocycles. The minimum Gasteiger partial charge on any atom is -0.316 e. The molecule has 2 nitrogen and oxygen atoms in total. The van der Waals surface area contributed by atoms with Crippen LogP contribution in [0.2, 0.25) is 0 Å². The van der Waals surface area contributed by atoms with E-state index in [4.69, 9.17) is 11.6 Å². The monoisotopic (exact) mass is 199 g/mol. The van der Waals surface area contributed by atoms with Crippen molar-refractivity contribution in [1.29, 1.82) is 0 Å². The van der Waals surface area contributed by atoms with Gasteiger partial charge in [0.05, 0.1) is 0 Å². The number of amides is 1. The van der Waals surface area contributed by atoms with Crippen molar-refractivity contribution in [3.8, 4) is 0 Å². The van der Waals surface area contributed by atoms with Crippen molar-refractivity contribution in [1.82, 2.24) is 4.90 Å². The van der Waals surface area contributed by atoms with E-state index in [1.807, 2.05) is 4.90 Å². The summed E-state index contributed by atoms with van der Waals surface area (Å²) in [7, 11) is 0. The van der Waals surface area contributed by atoms with Gasteiger partial charge < -0.3 is 4.90 Å². The first-order chi connectivity index (χ1) is 6.10.